The van der Waals surface area contributed by atoms with Crippen molar-refractivity contribution in [1.82, 2.24) is 9.97 Å². The monoisotopic (exact) mass is 139 g/mol. The van der Waals surface area contributed by atoms with Crippen LogP contribution in [-0.4, -0.2) is 21.2 Å². The molecule has 5 nitrogen and oxygen atoms in total. The highest BCUT2D eigenvalue weighted by Gasteiger charge is 1.96. The molecule has 0 aliphatic heterocycles. The SMILES string of the molecule is O=C(O)Nc1ncccn1. The maximum absolute atomic E-state index is 9.98. The van der Waals surface area contributed by atoms with Crippen LogP contribution in [0.15, 0.2) is 18.5 Å². The lowest BCUT2D eigenvalue weighted by molar-refractivity contribution is 0.209. The molecule has 0 unspecified atom stereocenters. The summed E-state index contributed by atoms with van der Waals surface area (Å²) in [6, 6.07) is 1.60. The molecule has 0 saturated carbocycles. The molecule has 10 heavy (non-hydrogen) atoms. The minimum atomic E-state index is -1.16. The van der Waals surface area contributed by atoms with E-state index in [1.807, 2.05) is 5.32 Å². The molecular formula is C5H5N3O2. The van der Waals surface area contributed by atoms with Crippen LogP contribution in [0.4, 0.5) is 10.7 Å². The summed E-state index contributed by atoms with van der Waals surface area (Å²) in [4.78, 5) is 17.2. The quantitative estimate of drug-likeness (QED) is 0.596. The van der Waals surface area contributed by atoms with E-state index in [9.17, 15) is 4.79 Å². The second kappa shape index (κ2) is 2.77. The van der Waals surface area contributed by atoms with Crippen molar-refractivity contribution in [3.8, 4) is 0 Å². The van der Waals surface area contributed by atoms with Gasteiger partial charge in [0.15, 0.2) is 0 Å². The largest absolute Gasteiger partial charge is 0.465 e. The van der Waals surface area contributed by atoms with E-state index in [0.717, 1.165) is 0 Å². The summed E-state index contributed by atoms with van der Waals surface area (Å²) in [7, 11) is 0. The number of nitrogens with one attached hydrogen (secondary N) is 1. The van der Waals surface area contributed by atoms with E-state index in [1.165, 1.54) is 12.4 Å². The number of anilines is 1. The Morgan fingerprint density at radius 1 is 1.50 bits per heavy atom. The molecule has 0 spiro atoms. The second-order valence-electron chi connectivity index (χ2n) is 1.50. The van der Waals surface area contributed by atoms with Crippen molar-refractivity contribution >= 4 is 12.0 Å². The average Bonchev–Trinajstić information content (AvgIpc) is 1.88. The number of nitrogens with zero attached hydrogens (tertiary/aromatic N) is 2. The van der Waals surface area contributed by atoms with Gasteiger partial charge in [0, 0.05) is 12.4 Å². The summed E-state index contributed by atoms with van der Waals surface area (Å²) in [6.45, 7) is 0. The van der Waals surface area contributed by atoms with Crippen LogP contribution in [0.3, 0.4) is 0 Å². The van der Waals surface area contributed by atoms with Crippen molar-refractivity contribution in [3.63, 3.8) is 0 Å². The molecule has 0 aromatic carbocycles. The minimum Gasteiger partial charge on any atom is -0.465 e. The van der Waals surface area contributed by atoms with Gasteiger partial charge in [-0.05, 0) is 6.07 Å². The smallest absolute Gasteiger partial charge is 0.411 e. The van der Waals surface area contributed by atoms with Gasteiger partial charge in [0.2, 0.25) is 5.95 Å². The number of aromatic nitrogens is 2. The Hall–Kier alpha value is -1.65. The molecule has 0 aliphatic rings. The topological polar surface area (TPSA) is 75.1 Å². The molecule has 0 bridgehead atoms. The zero-order chi connectivity index (χ0) is 7.40. The molecule has 0 radical (unpaired) electrons. The fourth-order valence-corrected chi connectivity index (χ4v) is 0.459. The summed E-state index contributed by atoms with van der Waals surface area (Å²) in [6.07, 6.45) is 1.75. The van der Waals surface area contributed by atoms with E-state index in [4.69, 9.17) is 5.11 Å². The lowest BCUT2D eigenvalue weighted by atomic mass is 10.7. The first-order valence-electron chi connectivity index (χ1n) is 2.56. The Morgan fingerprint density at radius 3 is 2.60 bits per heavy atom. The van der Waals surface area contributed by atoms with Gasteiger partial charge >= 0.3 is 6.09 Å². The molecule has 0 saturated heterocycles. The van der Waals surface area contributed by atoms with Gasteiger partial charge in [-0.25, -0.2) is 14.8 Å². The lowest BCUT2D eigenvalue weighted by Gasteiger charge is -1.94. The van der Waals surface area contributed by atoms with Gasteiger partial charge in [-0.3, -0.25) is 5.32 Å². The van der Waals surface area contributed by atoms with Crippen LogP contribution in [0.1, 0.15) is 0 Å². The van der Waals surface area contributed by atoms with Gasteiger partial charge in [-0.15, -0.1) is 0 Å². The maximum atomic E-state index is 9.98. The van der Waals surface area contributed by atoms with E-state index in [0.29, 0.717) is 0 Å². The lowest BCUT2D eigenvalue weighted by Crippen LogP contribution is -2.09. The average molecular weight is 139 g/mol. The van der Waals surface area contributed by atoms with Crippen molar-refractivity contribution in [2.45, 2.75) is 0 Å². The van der Waals surface area contributed by atoms with E-state index in [-0.39, 0.29) is 5.95 Å². The first-order valence-corrected chi connectivity index (χ1v) is 2.56. The molecular weight excluding hydrogens is 134 g/mol. The minimum absolute atomic E-state index is 0.0926. The first kappa shape index (κ1) is 6.47. The zero-order valence-corrected chi connectivity index (χ0v) is 4.98. The van der Waals surface area contributed by atoms with Crippen molar-refractivity contribution in [2.75, 3.05) is 5.32 Å². The zero-order valence-electron chi connectivity index (χ0n) is 4.98. The molecule has 0 fully saturated rings. The molecule has 1 aromatic rings. The van der Waals surface area contributed by atoms with Crippen molar-refractivity contribution < 1.29 is 9.90 Å². The molecule has 1 amide bonds. The van der Waals surface area contributed by atoms with Crippen LogP contribution in [0, 0.1) is 0 Å². The molecule has 0 aliphatic carbocycles. The summed E-state index contributed by atoms with van der Waals surface area (Å²) >= 11 is 0. The van der Waals surface area contributed by atoms with Crippen LogP contribution in [0.5, 0.6) is 0 Å². The summed E-state index contributed by atoms with van der Waals surface area (Å²) in [5, 5.41) is 10.2. The number of carbonyl (C=O) groups is 1. The molecule has 2 N–H and O–H groups in total. The van der Waals surface area contributed by atoms with Gasteiger partial charge in [-0.1, -0.05) is 0 Å². The third-order valence-electron chi connectivity index (χ3n) is 0.785. The molecule has 0 atom stereocenters. The van der Waals surface area contributed by atoms with Crippen LogP contribution in [0.25, 0.3) is 0 Å². The highest BCUT2D eigenvalue weighted by atomic mass is 16.4. The van der Waals surface area contributed by atoms with Crippen LogP contribution < -0.4 is 5.32 Å². The van der Waals surface area contributed by atoms with E-state index in [2.05, 4.69) is 9.97 Å². The van der Waals surface area contributed by atoms with Crippen molar-refractivity contribution in [3.05, 3.63) is 18.5 Å². The van der Waals surface area contributed by atoms with Crippen molar-refractivity contribution in [1.29, 1.82) is 0 Å². The van der Waals surface area contributed by atoms with E-state index >= 15 is 0 Å². The number of rotatable bonds is 1. The van der Waals surface area contributed by atoms with Crippen molar-refractivity contribution in [2.24, 2.45) is 0 Å². The van der Waals surface area contributed by atoms with Crippen LogP contribution in [-0.2, 0) is 0 Å². The fourth-order valence-electron chi connectivity index (χ4n) is 0.459. The highest BCUT2D eigenvalue weighted by Crippen LogP contribution is 1.91. The third kappa shape index (κ3) is 1.70. The Labute approximate surface area is 56.7 Å². The van der Waals surface area contributed by atoms with Gasteiger partial charge in [-0.2, -0.15) is 0 Å². The highest BCUT2D eigenvalue weighted by molar-refractivity contribution is 5.79. The Morgan fingerprint density at radius 2 is 2.10 bits per heavy atom. The molecule has 52 valence electrons. The molecule has 5 heteroatoms. The predicted octanol–water partition coefficient (Wildman–Crippen LogP) is 0.566. The van der Waals surface area contributed by atoms with Gasteiger partial charge < -0.3 is 5.11 Å². The number of hydrogen-bond donors (Lipinski definition) is 2. The summed E-state index contributed by atoms with van der Waals surface area (Å²) < 4.78 is 0. The Kier molecular flexibility index (Phi) is 1.79. The van der Waals surface area contributed by atoms with Gasteiger partial charge in [0.25, 0.3) is 0 Å². The predicted molar refractivity (Wildman–Crippen MR) is 33.7 cm³/mol. The van der Waals surface area contributed by atoms with Crippen LogP contribution in [0.2, 0.25) is 0 Å². The second-order valence-corrected chi connectivity index (χ2v) is 1.50. The number of hydrogen-bond acceptors (Lipinski definition) is 3. The Bertz CT molecular complexity index is 224. The number of amides is 1. The first-order chi connectivity index (χ1) is 4.79. The van der Waals surface area contributed by atoms with E-state index < -0.39 is 6.09 Å². The van der Waals surface area contributed by atoms with E-state index in [1.54, 1.807) is 6.07 Å². The molecule has 1 heterocycles. The number of carboxylic acid groups (broad SMARTS) is 1. The molecule has 1 aromatic heterocycles. The van der Waals surface area contributed by atoms with Gasteiger partial charge in [0.05, 0.1) is 0 Å². The van der Waals surface area contributed by atoms with Crippen LogP contribution >= 0.6 is 0 Å². The maximum Gasteiger partial charge on any atom is 0.411 e. The summed E-state index contributed by atoms with van der Waals surface area (Å²) in [5.41, 5.74) is 0. The normalized spacial score (nSPS) is 8.80. The fraction of sp³-hybridized carbons (Fsp3) is 0. The summed E-state index contributed by atoms with van der Waals surface area (Å²) in [5.74, 6) is 0.0926. The standard InChI is InChI=1S/C5H5N3O2/c9-5(10)8-4-6-2-1-3-7-4/h1-3H,(H,9,10)(H,6,7,8). The molecule has 1 rings (SSSR count). The Balaban J connectivity index is 2.67. The van der Waals surface area contributed by atoms with Gasteiger partial charge in [0.1, 0.15) is 0 Å². The third-order valence-corrected chi connectivity index (χ3v) is 0.785.